The third kappa shape index (κ3) is 4.84. The minimum atomic E-state index is -0.272. The van der Waals surface area contributed by atoms with Gasteiger partial charge >= 0.3 is 0 Å². The summed E-state index contributed by atoms with van der Waals surface area (Å²) in [7, 11) is 1.63. The molecular weight excluding hydrogens is 435 g/mol. The molecule has 8 nitrogen and oxygen atoms in total. The number of H-pyrrole nitrogens is 1. The van der Waals surface area contributed by atoms with Crippen molar-refractivity contribution in [2.45, 2.75) is 51.4 Å². The summed E-state index contributed by atoms with van der Waals surface area (Å²) in [4.78, 5) is 18.2. The highest BCUT2D eigenvalue weighted by Crippen LogP contribution is 2.27. The summed E-state index contributed by atoms with van der Waals surface area (Å²) in [6.07, 6.45) is 4.51. The second-order valence-corrected chi connectivity index (χ2v) is 8.80. The average Bonchev–Trinajstić information content (AvgIpc) is 3.53. The molecule has 4 aromatic rings. The van der Waals surface area contributed by atoms with Gasteiger partial charge in [-0.3, -0.25) is 9.69 Å². The van der Waals surface area contributed by atoms with Gasteiger partial charge in [0.25, 0.3) is 5.56 Å². The van der Waals surface area contributed by atoms with Crippen molar-refractivity contribution in [1.82, 2.24) is 30.1 Å². The number of methoxy groups -OCH3 is 1. The zero-order valence-corrected chi connectivity index (χ0v) is 19.1. The van der Waals surface area contributed by atoms with Crippen LogP contribution >= 0.6 is 0 Å². The summed E-state index contributed by atoms with van der Waals surface area (Å²) < 4.78 is 20.4. The molecule has 1 aliphatic rings. The Morgan fingerprint density at radius 1 is 1.12 bits per heavy atom. The van der Waals surface area contributed by atoms with E-state index in [-0.39, 0.29) is 11.4 Å². The summed E-state index contributed by atoms with van der Waals surface area (Å²) in [5, 5.41) is 13.2. The maximum Gasteiger partial charge on any atom is 0.252 e. The molecule has 9 heteroatoms. The van der Waals surface area contributed by atoms with Crippen LogP contribution in [0.2, 0.25) is 0 Å². The smallest absolute Gasteiger partial charge is 0.252 e. The number of benzene rings is 2. The Morgan fingerprint density at radius 3 is 2.68 bits per heavy atom. The number of nitrogens with one attached hydrogen (secondary N) is 1. The molecule has 34 heavy (non-hydrogen) atoms. The summed E-state index contributed by atoms with van der Waals surface area (Å²) >= 11 is 0. The molecule has 2 aromatic heterocycles. The lowest BCUT2D eigenvalue weighted by Gasteiger charge is -2.28. The largest absolute Gasteiger partial charge is 0.497 e. The van der Waals surface area contributed by atoms with Crippen molar-refractivity contribution < 1.29 is 9.13 Å². The topological polar surface area (TPSA) is 88.9 Å². The quantitative estimate of drug-likeness (QED) is 0.430. The monoisotopic (exact) mass is 462 g/mol. The van der Waals surface area contributed by atoms with Gasteiger partial charge in [0.05, 0.1) is 20.2 Å². The first-order valence-electron chi connectivity index (χ1n) is 11.5. The second-order valence-electron chi connectivity index (χ2n) is 8.80. The van der Waals surface area contributed by atoms with E-state index in [2.05, 4.69) is 25.4 Å². The predicted octanol–water partition coefficient (Wildman–Crippen LogP) is 3.66. The maximum atomic E-state index is 13.3. The van der Waals surface area contributed by atoms with Crippen LogP contribution in [-0.2, 0) is 19.6 Å². The molecule has 0 spiro atoms. The first-order valence-corrected chi connectivity index (χ1v) is 11.5. The third-order valence-corrected chi connectivity index (χ3v) is 6.54. The van der Waals surface area contributed by atoms with Gasteiger partial charge in [0.15, 0.2) is 5.82 Å². The van der Waals surface area contributed by atoms with Crippen LogP contribution in [-0.4, -0.2) is 43.2 Å². The molecule has 0 unspecified atom stereocenters. The van der Waals surface area contributed by atoms with E-state index in [1.807, 2.05) is 24.3 Å². The number of fused-ring (bicyclic) bond motifs is 1. The molecule has 0 radical (unpaired) electrons. The van der Waals surface area contributed by atoms with Gasteiger partial charge in [0, 0.05) is 29.1 Å². The van der Waals surface area contributed by atoms with Crippen LogP contribution in [0.4, 0.5) is 4.39 Å². The minimum absolute atomic E-state index is 0.0911. The number of ether oxygens (including phenoxy) is 1. The Morgan fingerprint density at radius 2 is 1.91 bits per heavy atom. The lowest BCUT2D eigenvalue weighted by Crippen LogP contribution is -2.35. The van der Waals surface area contributed by atoms with Gasteiger partial charge in [0.1, 0.15) is 11.6 Å². The number of rotatable bonds is 8. The van der Waals surface area contributed by atoms with Gasteiger partial charge in [-0.25, -0.2) is 9.07 Å². The molecule has 2 heterocycles. The van der Waals surface area contributed by atoms with Crippen molar-refractivity contribution >= 4 is 10.9 Å². The van der Waals surface area contributed by atoms with Gasteiger partial charge in [-0.2, -0.15) is 0 Å². The molecule has 2 aromatic carbocycles. The van der Waals surface area contributed by atoms with Gasteiger partial charge in [-0.05, 0) is 65.2 Å². The highest BCUT2D eigenvalue weighted by Gasteiger charge is 2.25. The van der Waals surface area contributed by atoms with Crippen LogP contribution < -0.4 is 10.3 Å². The molecule has 0 amide bonds. The van der Waals surface area contributed by atoms with Crippen LogP contribution in [0.1, 0.15) is 42.6 Å². The van der Waals surface area contributed by atoms with Gasteiger partial charge in [0.2, 0.25) is 0 Å². The van der Waals surface area contributed by atoms with E-state index in [9.17, 15) is 9.18 Å². The van der Waals surface area contributed by atoms with Crippen LogP contribution in [0.25, 0.3) is 10.9 Å². The van der Waals surface area contributed by atoms with Crippen LogP contribution in [0.15, 0.2) is 53.3 Å². The van der Waals surface area contributed by atoms with Gasteiger partial charge in [-0.15, -0.1) is 5.10 Å². The number of aromatic nitrogens is 5. The van der Waals surface area contributed by atoms with Gasteiger partial charge in [-0.1, -0.05) is 25.0 Å². The molecule has 1 aliphatic carbocycles. The first-order chi connectivity index (χ1) is 16.6. The fourth-order valence-corrected chi connectivity index (χ4v) is 4.68. The Hall–Kier alpha value is -3.59. The minimum Gasteiger partial charge on any atom is -0.497 e. The zero-order valence-electron chi connectivity index (χ0n) is 19.1. The molecule has 1 N–H and O–H groups in total. The van der Waals surface area contributed by atoms with Crippen molar-refractivity contribution in [3.63, 3.8) is 0 Å². The maximum absolute atomic E-state index is 13.3. The predicted molar refractivity (Wildman–Crippen MR) is 126 cm³/mol. The fraction of sp³-hybridized carbons (Fsp3) is 0.360. The lowest BCUT2D eigenvalue weighted by atomic mass is 10.1. The highest BCUT2D eigenvalue weighted by molar-refractivity contribution is 5.80. The molecule has 1 fully saturated rings. The Bertz CT molecular complexity index is 1330. The van der Waals surface area contributed by atoms with Crippen molar-refractivity contribution in [2.24, 2.45) is 0 Å². The lowest BCUT2D eigenvalue weighted by molar-refractivity contribution is 0.172. The molecule has 0 atom stereocenters. The van der Waals surface area contributed by atoms with Gasteiger partial charge < -0.3 is 9.72 Å². The summed E-state index contributed by atoms with van der Waals surface area (Å²) in [5.41, 5.74) is 2.31. The van der Waals surface area contributed by atoms with E-state index < -0.39 is 0 Å². The highest BCUT2D eigenvalue weighted by atomic mass is 19.1. The van der Waals surface area contributed by atoms with Crippen LogP contribution in [0.3, 0.4) is 0 Å². The SMILES string of the molecule is COc1ccc2[nH]c(=O)c(CN(Cc3nnnn3Cc3ccc(F)cc3)C3CCCC3)cc2c1. The average molecular weight is 463 g/mol. The molecule has 0 saturated heterocycles. The van der Waals surface area contributed by atoms with Crippen molar-refractivity contribution in [2.75, 3.05) is 7.11 Å². The van der Waals surface area contributed by atoms with E-state index in [1.165, 1.54) is 25.0 Å². The summed E-state index contributed by atoms with van der Waals surface area (Å²) in [6.45, 7) is 1.47. The molecule has 0 bridgehead atoms. The third-order valence-electron chi connectivity index (χ3n) is 6.54. The number of pyridine rings is 1. The Labute approximate surface area is 196 Å². The van der Waals surface area contributed by atoms with E-state index >= 15 is 0 Å². The van der Waals surface area contributed by atoms with E-state index in [0.717, 1.165) is 40.9 Å². The standard InChI is InChI=1S/C25H27FN6O2/c1-34-22-10-11-23-18(13-22)12-19(25(33)27-23)15-31(21-4-2-3-5-21)16-24-28-29-30-32(24)14-17-6-8-20(26)9-7-17/h6-13,21H,2-5,14-16H2,1H3,(H,27,33). The van der Waals surface area contributed by atoms with Crippen LogP contribution in [0, 0.1) is 5.82 Å². The summed E-state index contributed by atoms with van der Waals surface area (Å²) in [6, 6.07) is 14.3. The second kappa shape index (κ2) is 9.72. The first kappa shape index (κ1) is 22.2. The van der Waals surface area contributed by atoms with Crippen LogP contribution in [0.5, 0.6) is 5.75 Å². The van der Waals surface area contributed by atoms with Crippen molar-refractivity contribution in [1.29, 1.82) is 0 Å². The number of hydrogen-bond donors (Lipinski definition) is 1. The Balaban J connectivity index is 1.41. The molecular formula is C25H27FN6O2. The van der Waals surface area contributed by atoms with E-state index in [0.29, 0.717) is 31.2 Å². The number of hydrogen-bond acceptors (Lipinski definition) is 6. The number of tetrazole rings is 1. The van der Waals surface area contributed by atoms with E-state index in [1.54, 1.807) is 23.9 Å². The summed E-state index contributed by atoms with van der Waals surface area (Å²) in [5.74, 6) is 1.19. The van der Waals surface area contributed by atoms with Crippen molar-refractivity contribution in [3.05, 3.63) is 81.7 Å². The zero-order chi connectivity index (χ0) is 23.5. The fourth-order valence-electron chi connectivity index (χ4n) is 4.68. The van der Waals surface area contributed by atoms with E-state index in [4.69, 9.17) is 4.74 Å². The number of halogens is 1. The normalized spacial score (nSPS) is 14.3. The molecule has 1 saturated carbocycles. The molecule has 176 valence electrons. The molecule has 0 aliphatic heterocycles. The van der Waals surface area contributed by atoms with Crippen molar-refractivity contribution in [3.8, 4) is 5.75 Å². The Kier molecular flexibility index (Phi) is 6.35. The molecule has 5 rings (SSSR count). The number of aromatic amines is 1. The number of nitrogens with zero attached hydrogens (tertiary/aromatic N) is 5.